The van der Waals surface area contributed by atoms with Gasteiger partial charge in [0.25, 0.3) is 0 Å². The molecular weight excluding hydrogens is 350 g/mol. The minimum Gasteiger partial charge on any atom is -0.383 e. The third-order valence-corrected chi connectivity index (χ3v) is 6.76. The van der Waals surface area contributed by atoms with E-state index in [1.807, 2.05) is 54.6 Å². The molecule has 0 aliphatic carbocycles. The Morgan fingerprint density at radius 1 is 1.08 bits per heavy atom. The summed E-state index contributed by atoms with van der Waals surface area (Å²) in [4.78, 5) is 0. The fourth-order valence-corrected chi connectivity index (χ4v) is 4.07. The Bertz CT molecular complexity index is 834. The monoisotopic (exact) mass is 375 g/mol. The van der Waals surface area contributed by atoms with Crippen molar-refractivity contribution in [3.8, 4) is 11.1 Å². The lowest BCUT2D eigenvalue weighted by molar-refractivity contribution is -0.0898. The summed E-state index contributed by atoms with van der Waals surface area (Å²) in [5.74, 6) is 0. The highest BCUT2D eigenvalue weighted by Gasteiger charge is 2.43. The van der Waals surface area contributed by atoms with Gasteiger partial charge in [0.1, 0.15) is 5.60 Å². The van der Waals surface area contributed by atoms with Crippen LogP contribution in [0.15, 0.2) is 54.6 Å². The van der Waals surface area contributed by atoms with Crippen LogP contribution in [0.4, 0.5) is 0 Å². The van der Waals surface area contributed by atoms with Gasteiger partial charge in [0, 0.05) is 13.0 Å². The second kappa shape index (κ2) is 7.48. The first-order chi connectivity index (χ1) is 12.3. The maximum atomic E-state index is 12.3. The SMILES string of the molecule is CC(C)S(=O)(=O)N[C@H]1COCC[C@@]1(O)c1ccc(-c2ccccc2)cc1. The van der Waals surface area contributed by atoms with Crippen molar-refractivity contribution in [2.24, 2.45) is 0 Å². The van der Waals surface area contributed by atoms with E-state index >= 15 is 0 Å². The Morgan fingerprint density at radius 2 is 1.69 bits per heavy atom. The first kappa shape index (κ1) is 19.0. The van der Waals surface area contributed by atoms with Crippen molar-refractivity contribution in [1.82, 2.24) is 4.72 Å². The van der Waals surface area contributed by atoms with E-state index in [9.17, 15) is 13.5 Å². The summed E-state index contributed by atoms with van der Waals surface area (Å²) in [6, 6.07) is 16.9. The minimum absolute atomic E-state index is 0.142. The molecule has 1 saturated heterocycles. The first-order valence-electron chi connectivity index (χ1n) is 8.80. The topological polar surface area (TPSA) is 75.6 Å². The third-order valence-electron chi connectivity index (χ3n) is 4.91. The second-order valence-corrected chi connectivity index (χ2v) is 9.23. The highest BCUT2D eigenvalue weighted by molar-refractivity contribution is 7.90. The van der Waals surface area contributed by atoms with Crippen LogP contribution < -0.4 is 4.72 Å². The molecule has 6 heteroatoms. The Balaban J connectivity index is 1.89. The number of hydrogen-bond acceptors (Lipinski definition) is 4. The van der Waals surface area contributed by atoms with Crippen LogP contribution in [-0.4, -0.2) is 38.0 Å². The predicted molar refractivity (Wildman–Crippen MR) is 102 cm³/mol. The number of ether oxygens (including phenoxy) is 1. The highest BCUT2D eigenvalue weighted by Crippen LogP contribution is 2.34. The molecule has 2 aromatic rings. The molecule has 1 aliphatic heterocycles. The molecule has 0 amide bonds. The summed E-state index contributed by atoms with van der Waals surface area (Å²) < 4.78 is 32.6. The minimum atomic E-state index is -3.52. The fraction of sp³-hybridized carbons (Fsp3) is 0.400. The molecule has 0 spiro atoms. The lowest BCUT2D eigenvalue weighted by Crippen LogP contribution is -2.57. The summed E-state index contributed by atoms with van der Waals surface area (Å²) in [5.41, 5.74) is 1.53. The van der Waals surface area contributed by atoms with Gasteiger partial charge in [-0.05, 0) is 30.5 Å². The lowest BCUT2D eigenvalue weighted by atomic mass is 9.82. The molecular formula is C20H25NO4S. The van der Waals surface area contributed by atoms with Crippen molar-refractivity contribution >= 4 is 10.0 Å². The van der Waals surface area contributed by atoms with E-state index < -0.39 is 26.9 Å². The number of aliphatic hydroxyl groups is 1. The van der Waals surface area contributed by atoms with Crippen molar-refractivity contribution in [3.05, 3.63) is 60.2 Å². The van der Waals surface area contributed by atoms with Crippen molar-refractivity contribution in [2.45, 2.75) is 37.2 Å². The summed E-state index contributed by atoms with van der Waals surface area (Å²) >= 11 is 0. The zero-order chi connectivity index (χ0) is 18.8. The van der Waals surface area contributed by atoms with Gasteiger partial charge in [-0.2, -0.15) is 0 Å². The standard InChI is InChI=1S/C20H25NO4S/c1-15(2)26(23,24)21-19-14-25-13-12-20(19,22)18-10-8-17(9-11-18)16-6-4-3-5-7-16/h3-11,15,19,21-22H,12-14H2,1-2H3/t19-,20+/m0/s1. The van der Waals surface area contributed by atoms with Gasteiger partial charge >= 0.3 is 0 Å². The van der Waals surface area contributed by atoms with Crippen LogP contribution in [0.3, 0.4) is 0 Å². The quantitative estimate of drug-likeness (QED) is 0.842. The normalized spacial score (nSPS) is 23.9. The molecule has 1 heterocycles. The highest BCUT2D eigenvalue weighted by atomic mass is 32.2. The number of rotatable bonds is 5. The number of sulfonamides is 1. The van der Waals surface area contributed by atoms with Crippen molar-refractivity contribution in [1.29, 1.82) is 0 Å². The van der Waals surface area contributed by atoms with Crippen LogP contribution in [0.25, 0.3) is 11.1 Å². The zero-order valence-electron chi connectivity index (χ0n) is 15.1. The molecule has 0 aromatic heterocycles. The van der Waals surface area contributed by atoms with Gasteiger partial charge in [-0.15, -0.1) is 0 Å². The molecule has 2 atom stereocenters. The lowest BCUT2D eigenvalue weighted by Gasteiger charge is -2.40. The summed E-state index contributed by atoms with van der Waals surface area (Å²) in [7, 11) is -3.52. The summed E-state index contributed by atoms with van der Waals surface area (Å²) in [5, 5.41) is 10.7. The molecule has 0 unspecified atom stereocenters. The van der Waals surface area contributed by atoms with Crippen molar-refractivity contribution in [2.75, 3.05) is 13.2 Å². The second-order valence-electron chi connectivity index (χ2n) is 6.96. The summed E-state index contributed by atoms with van der Waals surface area (Å²) in [6.07, 6.45) is 0.336. The first-order valence-corrected chi connectivity index (χ1v) is 10.3. The fourth-order valence-electron chi connectivity index (χ4n) is 3.13. The van der Waals surface area contributed by atoms with Gasteiger partial charge in [0.15, 0.2) is 0 Å². The Hall–Kier alpha value is -1.73. The largest absolute Gasteiger partial charge is 0.383 e. The van der Waals surface area contributed by atoms with Crippen LogP contribution in [0.1, 0.15) is 25.8 Å². The van der Waals surface area contributed by atoms with E-state index in [-0.39, 0.29) is 6.61 Å². The van der Waals surface area contributed by atoms with Crippen LogP contribution in [0, 0.1) is 0 Å². The van der Waals surface area contributed by atoms with Gasteiger partial charge in [0.05, 0.1) is 17.9 Å². The molecule has 26 heavy (non-hydrogen) atoms. The molecule has 1 fully saturated rings. The molecule has 3 rings (SSSR count). The Labute approximate surface area is 155 Å². The van der Waals surface area contributed by atoms with Crippen LogP contribution in [0.2, 0.25) is 0 Å². The average molecular weight is 375 g/mol. The van der Waals surface area contributed by atoms with Gasteiger partial charge in [-0.1, -0.05) is 54.6 Å². The zero-order valence-corrected chi connectivity index (χ0v) is 15.9. The molecule has 2 aromatic carbocycles. The van der Waals surface area contributed by atoms with E-state index in [4.69, 9.17) is 4.74 Å². The maximum absolute atomic E-state index is 12.3. The molecule has 2 N–H and O–H groups in total. The van der Waals surface area contributed by atoms with Crippen LogP contribution in [-0.2, 0) is 20.4 Å². The Morgan fingerprint density at radius 3 is 2.31 bits per heavy atom. The van der Waals surface area contributed by atoms with Gasteiger partial charge in [-0.3, -0.25) is 0 Å². The van der Waals surface area contributed by atoms with E-state index in [0.717, 1.165) is 11.1 Å². The molecule has 5 nitrogen and oxygen atoms in total. The molecule has 0 saturated carbocycles. The van der Waals surface area contributed by atoms with Crippen LogP contribution in [0.5, 0.6) is 0 Å². The van der Waals surface area contributed by atoms with Crippen LogP contribution >= 0.6 is 0 Å². The number of benzene rings is 2. The predicted octanol–water partition coefficient (Wildman–Crippen LogP) is 2.66. The maximum Gasteiger partial charge on any atom is 0.214 e. The van der Waals surface area contributed by atoms with Gasteiger partial charge in [0.2, 0.25) is 10.0 Å². The van der Waals surface area contributed by atoms with Gasteiger partial charge in [-0.25, -0.2) is 13.1 Å². The molecule has 0 bridgehead atoms. The van der Waals surface area contributed by atoms with Crippen molar-refractivity contribution in [3.63, 3.8) is 0 Å². The van der Waals surface area contributed by atoms with E-state index in [1.165, 1.54) is 0 Å². The molecule has 0 radical (unpaired) electrons. The number of nitrogens with one attached hydrogen (secondary N) is 1. The van der Waals surface area contributed by atoms with Crippen molar-refractivity contribution < 1.29 is 18.3 Å². The molecule has 1 aliphatic rings. The van der Waals surface area contributed by atoms with E-state index in [2.05, 4.69) is 4.72 Å². The molecule has 140 valence electrons. The smallest absolute Gasteiger partial charge is 0.214 e. The summed E-state index contributed by atoms with van der Waals surface area (Å²) in [6.45, 7) is 3.75. The van der Waals surface area contributed by atoms with E-state index in [1.54, 1.807) is 13.8 Å². The number of hydrogen-bond donors (Lipinski definition) is 2. The van der Waals surface area contributed by atoms with Gasteiger partial charge < -0.3 is 9.84 Å². The van der Waals surface area contributed by atoms with E-state index in [0.29, 0.717) is 18.6 Å². The average Bonchev–Trinajstić information content (AvgIpc) is 2.64. The Kier molecular flexibility index (Phi) is 5.48. The third kappa shape index (κ3) is 3.83.